The van der Waals surface area contributed by atoms with Gasteiger partial charge in [-0.2, -0.15) is 0 Å². The van der Waals surface area contributed by atoms with Crippen molar-refractivity contribution in [2.24, 2.45) is 11.7 Å². The molecule has 1 aromatic rings. The van der Waals surface area contributed by atoms with Crippen LogP contribution < -0.4 is 10.5 Å². The molecule has 3 heteroatoms. The molecular formula is C13H21NO2. The molecule has 0 radical (unpaired) electrons. The Hall–Kier alpha value is -1.06. The second-order valence-corrected chi connectivity index (χ2v) is 4.06. The highest BCUT2D eigenvalue weighted by Crippen LogP contribution is 2.23. The van der Waals surface area contributed by atoms with Gasteiger partial charge in [0.05, 0.1) is 7.11 Å². The number of nitrogens with two attached hydrogens (primary N) is 1. The summed E-state index contributed by atoms with van der Waals surface area (Å²) in [5, 5.41) is 0. The van der Waals surface area contributed by atoms with Crippen LogP contribution in [0.25, 0.3) is 0 Å². The van der Waals surface area contributed by atoms with Crippen LogP contribution >= 0.6 is 0 Å². The molecule has 0 saturated heterocycles. The molecule has 3 nitrogen and oxygen atoms in total. The maximum Gasteiger partial charge on any atom is 0.118 e. The van der Waals surface area contributed by atoms with Crippen LogP contribution in [0.5, 0.6) is 5.75 Å². The maximum absolute atomic E-state index is 6.17. The normalized spacial score (nSPS) is 14.5. The zero-order valence-electron chi connectivity index (χ0n) is 10.3. The standard InChI is InChI=1S/C13H21NO2/c1-10(8-9-15-2)13(14)11-4-6-12(16-3)7-5-11/h4-7,10,13H,8-9,14H2,1-3H3. The Bertz CT molecular complexity index is 297. The van der Waals surface area contributed by atoms with E-state index in [9.17, 15) is 0 Å². The Morgan fingerprint density at radius 2 is 1.81 bits per heavy atom. The topological polar surface area (TPSA) is 44.5 Å². The molecule has 0 bridgehead atoms. The van der Waals surface area contributed by atoms with E-state index in [1.807, 2.05) is 24.3 Å². The van der Waals surface area contributed by atoms with Gasteiger partial charge in [-0.15, -0.1) is 0 Å². The lowest BCUT2D eigenvalue weighted by atomic mass is 9.93. The quantitative estimate of drug-likeness (QED) is 0.805. The first-order valence-corrected chi connectivity index (χ1v) is 5.57. The Balaban J connectivity index is 2.60. The van der Waals surface area contributed by atoms with Gasteiger partial charge in [-0.25, -0.2) is 0 Å². The summed E-state index contributed by atoms with van der Waals surface area (Å²) in [5.74, 6) is 1.27. The first kappa shape index (κ1) is 13.0. The lowest BCUT2D eigenvalue weighted by molar-refractivity contribution is 0.174. The van der Waals surface area contributed by atoms with Crippen molar-refractivity contribution in [3.8, 4) is 5.75 Å². The minimum Gasteiger partial charge on any atom is -0.497 e. The van der Waals surface area contributed by atoms with Gasteiger partial charge in [0.15, 0.2) is 0 Å². The predicted molar refractivity (Wildman–Crippen MR) is 65.6 cm³/mol. The maximum atomic E-state index is 6.17. The van der Waals surface area contributed by atoms with Crippen LogP contribution in [-0.2, 0) is 4.74 Å². The molecule has 2 unspecified atom stereocenters. The molecule has 2 N–H and O–H groups in total. The minimum atomic E-state index is 0.0565. The first-order valence-electron chi connectivity index (χ1n) is 5.57. The number of methoxy groups -OCH3 is 2. The summed E-state index contributed by atoms with van der Waals surface area (Å²) < 4.78 is 10.2. The van der Waals surface area contributed by atoms with Gasteiger partial charge >= 0.3 is 0 Å². The van der Waals surface area contributed by atoms with Gasteiger partial charge in [0, 0.05) is 19.8 Å². The average molecular weight is 223 g/mol. The highest BCUT2D eigenvalue weighted by molar-refractivity contribution is 5.29. The van der Waals surface area contributed by atoms with Crippen molar-refractivity contribution in [3.63, 3.8) is 0 Å². The lowest BCUT2D eigenvalue weighted by Crippen LogP contribution is -2.20. The minimum absolute atomic E-state index is 0.0565. The van der Waals surface area contributed by atoms with Crippen molar-refractivity contribution in [1.82, 2.24) is 0 Å². The van der Waals surface area contributed by atoms with Crippen molar-refractivity contribution in [2.75, 3.05) is 20.8 Å². The molecule has 0 saturated carbocycles. The molecule has 0 amide bonds. The van der Waals surface area contributed by atoms with E-state index in [0.717, 1.165) is 24.3 Å². The highest BCUT2D eigenvalue weighted by atomic mass is 16.5. The molecule has 1 aromatic carbocycles. The van der Waals surface area contributed by atoms with Crippen LogP contribution in [0.4, 0.5) is 0 Å². The third-order valence-electron chi connectivity index (χ3n) is 2.89. The van der Waals surface area contributed by atoms with Crippen LogP contribution in [0.3, 0.4) is 0 Å². The fourth-order valence-corrected chi connectivity index (χ4v) is 1.64. The van der Waals surface area contributed by atoms with E-state index >= 15 is 0 Å². The zero-order valence-corrected chi connectivity index (χ0v) is 10.3. The van der Waals surface area contributed by atoms with Crippen LogP contribution in [-0.4, -0.2) is 20.8 Å². The van der Waals surface area contributed by atoms with Crippen molar-refractivity contribution in [3.05, 3.63) is 29.8 Å². The number of benzene rings is 1. The van der Waals surface area contributed by atoms with Crippen molar-refractivity contribution in [1.29, 1.82) is 0 Å². The van der Waals surface area contributed by atoms with Crippen LogP contribution in [0, 0.1) is 5.92 Å². The van der Waals surface area contributed by atoms with Gasteiger partial charge in [-0.05, 0) is 30.0 Å². The fourth-order valence-electron chi connectivity index (χ4n) is 1.64. The molecule has 0 aliphatic heterocycles. The summed E-state index contributed by atoms with van der Waals surface area (Å²) in [6.45, 7) is 2.90. The molecule has 0 fully saturated rings. The summed E-state index contributed by atoms with van der Waals surface area (Å²) in [7, 11) is 3.38. The van der Waals surface area contributed by atoms with E-state index in [1.165, 1.54) is 0 Å². The Kier molecular flexibility index (Phi) is 5.29. The molecule has 0 aliphatic carbocycles. The zero-order chi connectivity index (χ0) is 12.0. The molecule has 0 aliphatic rings. The highest BCUT2D eigenvalue weighted by Gasteiger charge is 2.14. The van der Waals surface area contributed by atoms with Gasteiger partial charge in [0.1, 0.15) is 5.75 Å². The third-order valence-corrected chi connectivity index (χ3v) is 2.89. The monoisotopic (exact) mass is 223 g/mol. The molecule has 90 valence electrons. The third kappa shape index (κ3) is 3.51. The SMILES string of the molecule is COCCC(C)C(N)c1ccc(OC)cc1. The lowest BCUT2D eigenvalue weighted by Gasteiger charge is -2.20. The molecule has 0 heterocycles. The number of hydrogen-bond acceptors (Lipinski definition) is 3. The van der Waals surface area contributed by atoms with Crippen LogP contribution in [0.15, 0.2) is 24.3 Å². The summed E-state index contributed by atoms with van der Waals surface area (Å²) in [6, 6.07) is 7.98. The van der Waals surface area contributed by atoms with Crippen molar-refractivity contribution < 1.29 is 9.47 Å². The number of ether oxygens (including phenoxy) is 2. The molecule has 1 rings (SSSR count). The first-order chi connectivity index (χ1) is 7.69. The largest absolute Gasteiger partial charge is 0.497 e. The second kappa shape index (κ2) is 6.51. The van der Waals surface area contributed by atoms with Crippen LogP contribution in [0.1, 0.15) is 24.9 Å². The Morgan fingerprint density at radius 1 is 1.19 bits per heavy atom. The fraction of sp³-hybridized carbons (Fsp3) is 0.538. The van der Waals surface area contributed by atoms with E-state index in [-0.39, 0.29) is 6.04 Å². The molecular weight excluding hydrogens is 202 g/mol. The van der Waals surface area contributed by atoms with Crippen LogP contribution in [0.2, 0.25) is 0 Å². The summed E-state index contributed by atoms with van der Waals surface area (Å²) in [6.07, 6.45) is 0.976. The Morgan fingerprint density at radius 3 is 2.31 bits per heavy atom. The molecule has 2 atom stereocenters. The Labute approximate surface area is 97.6 Å². The smallest absolute Gasteiger partial charge is 0.118 e. The van der Waals surface area contributed by atoms with E-state index in [4.69, 9.17) is 15.2 Å². The molecule has 16 heavy (non-hydrogen) atoms. The van der Waals surface area contributed by atoms with E-state index in [2.05, 4.69) is 6.92 Å². The number of hydrogen-bond donors (Lipinski definition) is 1. The molecule has 0 spiro atoms. The predicted octanol–water partition coefficient (Wildman–Crippen LogP) is 2.37. The number of rotatable bonds is 6. The van der Waals surface area contributed by atoms with E-state index in [1.54, 1.807) is 14.2 Å². The average Bonchev–Trinajstić information content (AvgIpc) is 2.35. The van der Waals surface area contributed by atoms with E-state index < -0.39 is 0 Å². The van der Waals surface area contributed by atoms with Crippen molar-refractivity contribution >= 4 is 0 Å². The summed E-state index contributed by atoms with van der Waals surface area (Å²) in [4.78, 5) is 0. The second-order valence-electron chi connectivity index (χ2n) is 4.06. The van der Waals surface area contributed by atoms with Crippen molar-refractivity contribution in [2.45, 2.75) is 19.4 Å². The van der Waals surface area contributed by atoms with Gasteiger partial charge in [-0.1, -0.05) is 19.1 Å². The molecule has 0 aromatic heterocycles. The van der Waals surface area contributed by atoms with Gasteiger partial charge in [0.25, 0.3) is 0 Å². The summed E-state index contributed by atoms with van der Waals surface area (Å²) >= 11 is 0. The summed E-state index contributed by atoms with van der Waals surface area (Å²) in [5.41, 5.74) is 7.32. The van der Waals surface area contributed by atoms with Gasteiger partial charge < -0.3 is 15.2 Å². The van der Waals surface area contributed by atoms with Gasteiger partial charge in [0.2, 0.25) is 0 Å². The van der Waals surface area contributed by atoms with E-state index in [0.29, 0.717) is 5.92 Å². The van der Waals surface area contributed by atoms with Gasteiger partial charge in [-0.3, -0.25) is 0 Å².